The van der Waals surface area contributed by atoms with Crippen LogP contribution in [0.4, 0.5) is 0 Å². The van der Waals surface area contributed by atoms with Gasteiger partial charge in [0.05, 0.1) is 11.3 Å². The van der Waals surface area contributed by atoms with E-state index in [4.69, 9.17) is 0 Å². The van der Waals surface area contributed by atoms with Gasteiger partial charge in [0.1, 0.15) is 5.75 Å². The Hall–Kier alpha value is -0.960. The molecule has 0 heterocycles. The molecule has 13 heavy (non-hydrogen) atoms. The molecule has 3 heteroatoms. The van der Waals surface area contributed by atoms with E-state index in [9.17, 15) is 9.90 Å². The monoisotopic (exact) mass is 196 g/mol. The van der Waals surface area contributed by atoms with Crippen LogP contribution in [-0.4, -0.2) is 22.9 Å². The molecule has 0 aliphatic rings. The smallest absolute Gasteiger partial charge is 0.176 e. The molecule has 0 atom stereocenters. The molecule has 0 saturated heterocycles. The van der Waals surface area contributed by atoms with Gasteiger partial charge in [-0.25, -0.2) is 0 Å². The summed E-state index contributed by atoms with van der Waals surface area (Å²) in [6.07, 6.45) is 1.87. The van der Waals surface area contributed by atoms with Gasteiger partial charge in [0.2, 0.25) is 0 Å². The van der Waals surface area contributed by atoms with Crippen molar-refractivity contribution in [2.45, 2.75) is 6.92 Å². The number of para-hydroxylation sites is 1. The molecular formula is C10H12O2S. The molecule has 0 radical (unpaired) electrons. The van der Waals surface area contributed by atoms with Gasteiger partial charge < -0.3 is 5.11 Å². The van der Waals surface area contributed by atoms with E-state index < -0.39 is 0 Å². The summed E-state index contributed by atoms with van der Waals surface area (Å²) < 4.78 is 0. The maximum atomic E-state index is 11.4. The van der Waals surface area contributed by atoms with Crippen LogP contribution in [0.1, 0.15) is 15.9 Å². The summed E-state index contributed by atoms with van der Waals surface area (Å²) in [6.45, 7) is 1.78. The number of benzene rings is 1. The summed E-state index contributed by atoms with van der Waals surface area (Å²) in [5.74, 6) is 0.507. The first-order valence-electron chi connectivity index (χ1n) is 3.97. The summed E-state index contributed by atoms with van der Waals surface area (Å²) in [5, 5.41) is 9.56. The number of aryl methyl sites for hydroxylation is 1. The van der Waals surface area contributed by atoms with Crippen molar-refractivity contribution in [3.05, 3.63) is 29.3 Å². The molecule has 1 rings (SSSR count). The maximum absolute atomic E-state index is 11.4. The van der Waals surface area contributed by atoms with Crippen LogP contribution >= 0.6 is 11.8 Å². The zero-order valence-electron chi connectivity index (χ0n) is 7.70. The lowest BCUT2D eigenvalue weighted by atomic mass is 10.1. The van der Waals surface area contributed by atoms with E-state index in [2.05, 4.69) is 0 Å². The van der Waals surface area contributed by atoms with E-state index in [1.807, 2.05) is 6.26 Å². The molecule has 2 nitrogen and oxygen atoms in total. The predicted molar refractivity (Wildman–Crippen MR) is 55.6 cm³/mol. The number of aromatic hydroxyl groups is 1. The van der Waals surface area contributed by atoms with Crippen LogP contribution in [0, 0.1) is 6.92 Å². The second-order valence-corrected chi connectivity index (χ2v) is 3.69. The Morgan fingerprint density at radius 1 is 1.54 bits per heavy atom. The highest BCUT2D eigenvalue weighted by Crippen LogP contribution is 2.22. The van der Waals surface area contributed by atoms with Gasteiger partial charge in [-0.1, -0.05) is 12.1 Å². The van der Waals surface area contributed by atoms with Crippen molar-refractivity contribution >= 4 is 17.5 Å². The zero-order valence-corrected chi connectivity index (χ0v) is 8.52. The lowest BCUT2D eigenvalue weighted by Crippen LogP contribution is -2.02. The number of thioether (sulfide) groups is 1. The third-order valence-corrected chi connectivity index (χ3v) is 2.36. The number of hydrogen-bond donors (Lipinski definition) is 1. The van der Waals surface area contributed by atoms with Gasteiger partial charge in [0, 0.05) is 0 Å². The number of phenolic OH excluding ortho intramolecular Hbond substituents is 1. The van der Waals surface area contributed by atoms with Gasteiger partial charge in [-0.15, -0.1) is 0 Å². The van der Waals surface area contributed by atoms with E-state index in [0.29, 0.717) is 11.3 Å². The van der Waals surface area contributed by atoms with E-state index >= 15 is 0 Å². The molecule has 0 aliphatic heterocycles. The van der Waals surface area contributed by atoms with Crippen LogP contribution in [0.25, 0.3) is 0 Å². The predicted octanol–water partition coefficient (Wildman–Crippen LogP) is 2.25. The average molecular weight is 196 g/mol. The van der Waals surface area contributed by atoms with Crippen molar-refractivity contribution in [2.24, 2.45) is 0 Å². The SMILES string of the molecule is CSCC(=O)c1cccc(C)c1O. The lowest BCUT2D eigenvalue weighted by molar-refractivity contribution is 0.102. The molecule has 1 aromatic carbocycles. The van der Waals surface area contributed by atoms with Crippen LogP contribution in [-0.2, 0) is 0 Å². The summed E-state index contributed by atoms with van der Waals surface area (Å²) in [7, 11) is 0. The Morgan fingerprint density at radius 3 is 2.85 bits per heavy atom. The van der Waals surface area contributed by atoms with Crippen LogP contribution in [0.15, 0.2) is 18.2 Å². The number of rotatable bonds is 3. The molecule has 1 aromatic rings. The third-order valence-electron chi connectivity index (χ3n) is 1.81. The van der Waals surface area contributed by atoms with Gasteiger partial charge in [-0.3, -0.25) is 4.79 Å². The average Bonchev–Trinajstić information content (AvgIpc) is 2.10. The first kappa shape index (κ1) is 10.1. The number of Topliss-reactive ketones (excluding diaryl/α,β-unsaturated/α-hetero) is 1. The van der Waals surface area contributed by atoms with Gasteiger partial charge >= 0.3 is 0 Å². The standard InChI is InChI=1S/C10H12O2S/c1-7-4-3-5-8(10(7)12)9(11)6-13-2/h3-5,12H,6H2,1-2H3. The molecule has 0 aromatic heterocycles. The van der Waals surface area contributed by atoms with Crippen molar-refractivity contribution < 1.29 is 9.90 Å². The minimum absolute atomic E-state index is 0.0197. The zero-order chi connectivity index (χ0) is 9.84. The van der Waals surface area contributed by atoms with Gasteiger partial charge in [0.25, 0.3) is 0 Å². The van der Waals surface area contributed by atoms with Crippen LogP contribution < -0.4 is 0 Å². The summed E-state index contributed by atoms with van der Waals surface area (Å²) >= 11 is 1.46. The molecule has 70 valence electrons. The molecular weight excluding hydrogens is 184 g/mol. The fourth-order valence-corrected chi connectivity index (χ4v) is 1.51. The van der Waals surface area contributed by atoms with Crippen molar-refractivity contribution in [1.82, 2.24) is 0 Å². The molecule has 0 bridgehead atoms. The van der Waals surface area contributed by atoms with E-state index in [-0.39, 0.29) is 11.5 Å². The molecule has 0 unspecified atom stereocenters. The molecule has 0 fully saturated rings. The summed E-state index contributed by atoms with van der Waals surface area (Å²) in [6, 6.07) is 5.22. The number of phenols is 1. The fourth-order valence-electron chi connectivity index (χ4n) is 1.09. The molecule has 0 aliphatic carbocycles. The highest BCUT2D eigenvalue weighted by atomic mass is 32.2. The minimum atomic E-state index is -0.0197. The van der Waals surface area contributed by atoms with Gasteiger partial charge in [-0.05, 0) is 24.8 Å². The minimum Gasteiger partial charge on any atom is -0.507 e. The van der Waals surface area contributed by atoms with Crippen LogP contribution in [0.2, 0.25) is 0 Å². The van der Waals surface area contributed by atoms with Gasteiger partial charge in [-0.2, -0.15) is 11.8 Å². The third kappa shape index (κ3) is 2.25. The summed E-state index contributed by atoms with van der Waals surface area (Å²) in [5.41, 5.74) is 1.17. The van der Waals surface area contributed by atoms with Crippen molar-refractivity contribution in [3.63, 3.8) is 0 Å². The van der Waals surface area contributed by atoms with Gasteiger partial charge in [0.15, 0.2) is 5.78 Å². The largest absolute Gasteiger partial charge is 0.507 e. The van der Waals surface area contributed by atoms with Crippen molar-refractivity contribution in [1.29, 1.82) is 0 Å². The van der Waals surface area contributed by atoms with E-state index in [1.54, 1.807) is 25.1 Å². The molecule has 1 N–H and O–H groups in total. The lowest BCUT2D eigenvalue weighted by Gasteiger charge is -2.04. The Morgan fingerprint density at radius 2 is 2.23 bits per heavy atom. The highest BCUT2D eigenvalue weighted by Gasteiger charge is 2.10. The van der Waals surface area contributed by atoms with E-state index in [0.717, 1.165) is 5.56 Å². The second-order valence-electron chi connectivity index (χ2n) is 2.83. The van der Waals surface area contributed by atoms with E-state index in [1.165, 1.54) is 11.8 Å². The first-order chi connectivity index (χ1) is 6.16. The molecule has 0 saturated carbocycles. The fraction of sp³-hybridized carbons (Fsp3) is 0.300. The van der Waals surface area contributed by atoms with Crippen LogP contribution in [0.3, 0.4) is 0 Å². The summed E-state index contributed by atoms with van der Waals surface area (Å²) in [4.78, 5) is 11.4. The molecule has 0 amide bonds. The van der Waals surface area contributed by atoms with Crippen molar-refractivity contribution in [2.75, 3.05) is 12.0 Å². The number of ketones is 1. The Bertz CT molecular complexity index is 321. The highest BCUT2D eigenvalue weighted by molar-refractivity contribution is 7.99. The topological polar surface area (TPSA) is 37.3 Å². The van der Waals surface area contributed by atoms with Crippen molar-refractivity contribution in [3.8, 4) is 5.75 Å². The normalized spacial score (nSPS) is 10.0. The maximum Gasteiger partial charge on any atom is 0.176 e. The quantitative estimate of drug-likeness (QED) is 0.753. The number of hydrogen-bond acceptors (Lipinski definition) is 3. The Labute approximate surface area is 82.0 Å². The number of carbonyl (C=O) groups excluding carboxylic acids is 1. The number of carbonyl (C=O) groups is 1. The van der Waals surface area contributed by atoms with Crippen LogP contribution in [0.5, 0.6) is 5.75 Å². The molecule has 0 spiro atoms. The first-order valence-corrected chi connectivity index (χ1v) is 5.37. The Balaban J connectivity index is 3.01. The Kier molecular flexibility index (Phi) is 3.37. The second kappa shape index (κ2) is 4.33.